The maximum Gasteiger partial charge on any atom is 0.416 e. The van der Waals surface area contributed by atoms with Crippen molar-refractivity contribution in [3.63, 3.8) is 0 Å². The number of carbonyl (C=O) groups excluding carboxylic acids is 1. The molecule has 9 heteroatoms. The fraction of sp³-hybridized carbons (Fsp3) is 0.533. The first-order chi connectivity index (χ1) is 11.4. The van der Waals surface area contributed by atoms with Crippen LogP contribution in [0.5, 0.6) is 5.75 Å². The second-order valence-electron chi connectivity index (χ2n) is 5.31. The Bertz CT molecular complexity index is 531. The number of nitrogens with one attached hydrogen (secondary N) is 2. The van der Waals surface area contributed by atoms with Crippen molar-refractivity contribution in [2.24, 2.45) is 0 Å². The summed E-state index contributed by atoms with van der Waals surface area (Å²) in [7, 11) is 0. The van der Waals surface area contributed by atoms with Gasteiger partial charge in [0.15, 0.2) is 0 Å². The van der Waals surface area contributed by atoms with Gasteiger partial charge in [-0.15, -0.1) is 0 Å². The Morgan fingerprint density at radius 2 is 2.12 bits per heavy atom. The lowest BCUT2D eigenvalue weighted by molar-refractivity contribution is -0.137. The molecule has 2 rings (SSSR count). The van der Waals surface area contributed by atoms with Crippen LogP contribution in [0, 0.1) is 0 Å². The van der Waals surface area contributed by atoms with E-state index in [0.29, 0.717) is 13.2 Å². The number of aliphatic hydroxyl groups is 1. The Hall–Kier alpha value is -1.84. The molecule has 134 valence electrons. The number of hydrogen-bond acceptors (Lipinski definition) is 5. The van der Waals surface area contributed by atoms with Crippen molar-refractivity contribution in [1.29, 1.82) is 0 Å². The standard InChI is InChI=1S/C15H19F3N2O4/c16-15(17,18)10-1-3-12(4-2-10)24-8-11(21)7-20-14(22)13-9-23-6-5-19-13/h1-4,11,13,19,21H,5-9H2,(H,20,22). The van der Waals surface area contributed by atoms with E-state index in [1.165, 1.54) is 12.1 Å². The maximum atomic E-state index is 12.4. The number of morpholine rings is 1. The molecule has 2 atom stereocenters. The maximum absolute atomic E-state index is 12.4. The van der Waals surface area contributed by atoms with Crippen LogP contribution in [0.3, 0.4) is 0 Å². The highest BCUT2D eigenvalue weighted by atomic mass is 19.4. The lowest BCUT2D eigenvalue weighted by atomic mass is 10.2. The fourth-order valence-corrected chi connectivity index (χ4v) is 2.07. The highest BCUT2D eigenvalue weighted by Crippen LogP contribution is 2.30. The molecule has 1 fully saturated rings. The number of benzene rings is 1. The van der Waals surface area contributed by atoms with Crippen LogP contribution in [0.1, 0.15) is 5.56 Å². The topological polar surface area (TPSA) is 79.8 Å². The molecule has 0 radical (unpaired) electrons. The fourth-order valence-electron chi connectivity index (χ4n) is 2.07. The van der Waals surface area contributed by atoms with E-state index in [1.54, 1.807) is 0 Å². The molecule has 0 bridgehead atoms. The van der Waals surface area contributed by atoms with Gasteiger partial charge in [-0.2, -0.15) is 13.2 Å². The summed E-state index contributed by atoms with van der Waals surface area (Å²) >= 11 is 0. The SMILES string of the molecule is O=C(NCC(O)COc1ccc(C(F)(F)F)cc1)C1COCCN1. The largest absolute Gasteiger partial charge is 0.491 e. The molecule has 24 heavy (non-hydrogen) atoms. The lowest BCUT2D eigenvalue weighted by Crippen LogP contribution is -2.52. The van der Waals surface area contributed by atoms with Gasteiger partial charge in [0, 0.05) is 13.1 Å². The minimum atomic E-state index is -4.40. The van der Waals surface area contributed by atoms with E-state index in [9.17, 15) is 23.1 Å². The van der Waals surface area contributed by atoms with Crippen LogP contribution >= 0.6 is 0 Å². The molecule has 3 N–H and O–H groups in total. The predicted molar refractivity (Wildman–Crippen MR) is 78.6 cm³/mol. The monoisotopic (exact) mass is 348 g/mol. The number of rotatable bonds is 6. The Kier molecular flexibility index (Phi) is 6.41. The first kappa shape index (κ1) is 18.5. The highest BCUT2D eigenvalue weighted by Gasteiger charge is 2.30. The van der Waals surface area contributed by atoms with Gasteiger partial charge in [-0.3, -0.25) is 4.79 Å². The van der Waals surface area contributed by atoms with E-state index < -0.39 is 23.9 Å². The molecule has 1 aromatic carbocycles. The number of ether oxygens (including phenoxy) is 2. The van der Waals surface area contributed by atoms with Crippen molar-refractivity contribution in [3.8, 4) is 5.75 Å². The first-order valence-corrected chi connectivity index (χ1v) is 7.43. The minimum absolute atomic E-state index is 0.0301. The third kappa shape index (κ3) is 5.66. The van der Waals surface area contributed by atoms with E-state index >= 15 is 0 Å². The molecule has 1 amide bonds. The minimum Gasteiger partial charge on any atom is -0.491 e. The van der Waals surface area contributed by atoms with Crippen molar-refractivity contribution in [1.82, 2.24) is 10.6 Å². The molecular formula is C15H19F3N2O4. The van der Waals surface area contributed by atoms with Gasteiger partial charge >= 0.3 is 6.18 Å². The van der Waals surface area contributed by atoms with E-state index in [2.05, 4.69) is 10.6 Å². The van der Waals surface area contributed by atoms with Crippen molar-refractivity contribution < 1.29 is 32.5 Å². The molecule has 1 aromatic rings. The molecule has 2 unspecified atom stereocenters. The Labute approximate surface area is 136 Å². The molecule has 1 aliphatic heterocycles. The number of halogens is 3. The van der Waals surface area contributed by atoms with Crippen molar-refractivity contribution in [3.05, 3.63) is 29.8 Å². The van der Waals surface area contributed by atoms with Gasteiger partial charge in [-0.1, -0.05) is 0 Å². The third-order valence-electron chi connectivity index (χ3n) is 3.37. The van der Waals surface area contributed by atoms with Crippen LogP contribution in [0.15, 0.2) is 24.3 Å². The second kappa shape index (κ2) is 8.32. The molecular weight excluding hydrogens is 329 g/mol. The van der Waals surface area contributed by atoms with Gasteiger partial charge < -0.3 is 25.2 Å². The third-order valence-corrected chi connectivity index (χ3v) is 3.37. The molecule has 0 saturated carbocycles. The van der Waals surface area contributed by atoms with Crippen molar-refractivity contribution >= 4 is 5.91 Å². The first-order valence-electron chi connectivity index (χ1n) is 7.43. The average Bonchev–Trinajstić information content (AvgIpc) is 2.58. The van der Waals surface area contributed by atoms with E-state index in [4.69, 9.17) is 9.47 Å². The van der Waals surface area contributed by atoms with Crippen LogP contribution < -0.4 is 15.4 Å². The molecule has 6 nitrogen and oxygen atoms in total. The summed E-state index contributed by atoms with van der Waals surface area (Å²) in [5, 5.41) is 15.3. The number of carbonyl (C=O) groups is 1. The average molecular weight is 348 g/mol. The summed E-state index contributed by atoms with van der Waals surface area (Å²) in [4.78, 5) is 11.8. The summed E-state index contributed by atoms with van der Waals surface area (Å²) in [5.74, 6) is -0.0843. The molecule has 1 saturated heterocycles. The quantitative estimate of drug-likeness (QED) is 0.700. The summed E-state index contributed by atoms with van der Waals surface area (Å²) in [6.45, 7) is 1.22. The number of amides is 1. The van der Waals surface area contributed by atoms with E-state index in [1.807, 2.05) is 0 Å². The number of aliphatic hydroxyl groups excluding tert-OH is 1. The summed E-state index contributed by atoms with van der Waals surface area (Å²) in [6, 6.07) is 3.70. The summed E-state index contributed by atoms with van der Waals surface area (Å²) < 4.78 is 47.6. The van der Waals surface area contributed by atoms with Crippen LogP contribution in [-0.4, -0.2) is 56.1 Å². The van der Waals surface area contributed by atoms with Gasteiger partial charge in [-0.25, -0.2) is 0 Å². The predicted octanol–water partition coefficient (Wildman–Crippen LogP) is 0.550. The zero-order chi connectivity index (χ0) is 17.6. The van der Waals surface area contributed by atoms with Gasteiger partial charge in [0.2, 0.25) is 5.91 Å². The Balaban J connectivity index is 1.70. The zero-order valence-corrected chi connectivity index (χ0v) is 12.8. The van der Waals surface area contributed by atoms with Crippen LogP contribution in [-0.2, 0) is 15.7 Å². The van der Waals surface area contributed by atoms with Gasteiger partial charge in [0.1, 0.15) is 24.5 Å². The molecule has 1 heterocycles. The Morgan fingerprint density at radius 1 is 1.42 bits per heavy atom. The number of hydrogen-bond donors (Lipinski definition) is 3. The molecule has 1 aliphatic rings. The highest BCUT2D eigenvalue weighted by molar-refractivity contribution is 5.82. The zero-order valence-electron chi connectivity index (χ0n) is 12.8. The van der Waals surface area contributed by atoms with Crippen LogP contribution in [0.2, 0.25) is 0 Å². The smallest absolute Gasteiger partial charge is 0.416 e. The van der Waals surface area contributed by atoms with Crippen LogP contribution in [0.25, 0.3) is 0 Å². The molecule has 0 aliphatic carbocycles. The van der Waals surface area contributed by atoms with E-state index in [0.717, 1.165) is 12.1 Å². The summed E-state index contributed by atoms with van der Waals surface area (Å²) in [6.07, 6.45) is -5.39. The second-order valence-corrected chi connectivity index (χ2v) is 5.31. The van der Waals surface area contributed by atoms with Crippen molar-refractivity contribution in [2.75, 3.05) is 32.9 Å². The normalized spacial score (nSPS) is 19.6. The summed E-state index contributed by atoms with van der Waals surface area (Å²) in [5.41, 5.74) is -0.773. The molecule has 0 aromatic heterocycles. The number of alkyl halides is 3. The Morgan fingerprint density at radius 3 is 2.71 bits per heavy atom. The van der Waals surface area contributed by atoms with E-state index in [-0.39, 0.29) is 31.4 Å². The van der Waals surface area contributed by atoms with Crippen molar-refractivity contribution in [2.45, 2.75) is 18.3 Å². The van der Waals surface area contributed by atoms with Gasteiger partial charge in [0.05, 0.1) is 18.8 Å². The lowest BCUT2D eigenvalue weighted by Gasteiger charge is -2.23. The molecule has 0 spiro atoms. The van der Waals surface area contributed by atoms with Gasteiger partial charge in [-0.05, 0) is 24.3 Å². The van der Waals surface area contributed by atoms with Crippen LogP contribution in [0.4, 0.5) is 13.2 Å². The van der Waals surface area contributed by atoms with Gasteiger partial charge in [0.25, 0.3) is 0 Å².